The third-order valence-electron chi connectivity index (χ3n) is 4.94. The van der Waals surface area contributed by atoms with Crippen molar-refractivity contribution in [2.75, 3.05) is 13.1 Å². The highest BCUT2D eigenvalue weighted by molar-refractivity contribution is 6.30. The topological polar surface area (TPSA) is 40.5 Å². The van der Waals surface area contributed by atoms with E-state index in [0.29, 0.717) is 10.9 Å². The SMILES string of the molecule is O=C(O)CC(c1ccc(Cl)cc1)(C1CC1)N1CCCCC1. The number of hydrogen-bond donors (Lipinski definition) is 1. The molecule has 0 bridgehead atoms. The minimum absolute atomic E-state index is 0.194. The summed E-state index contributed by atoms with van der Waals surface area (Å²) in [5.41, 5.74) is 0.787. The van der Waals surface area contributed by atoms with Crippen LogP contribution in [0.25, 0.3) is 0 Å². The first kappa shape index (κ1) is 14.9. The average molecular weight is 308 g/mol. The minimum Gasteiger partial charge on any atom is -0.481 e. The van der Waals surface area contributed by atoms with Crippen LogP contribution in [0.15, 0.2) is 24.3 Å². The summed E-state index contributed by atoms with van der Waals surface area (Å²) in [6.07, 6.45) is 6.05. The van der Waals surface area contributed by atoms with Gasteiger partial charge in [0.15, 0.2) is 0 Å². The molecule has 1 aromatic rings. The number of carboxylic acid groups (broad SMARTS) is 1. The molecular weight excluding hydrogens is 286 g/mol. The molecule has 1 saturated heterocycles. The van der Waals surface area contributed by atoms with E-state index < -0.39 is 5.97 Å². The maximum Gasteiger partial charge on any atom is 0.305 e. The van der Waals surface area contributed by atoms with Gasteiger partial charge in [-0.25, -0.2) is 0 Å². The Labute approximate surface area is 130 Å². The van der Waals surface area contributed by atoms with E-state index in [2.05, 4.69) is 4.90 Å². The van der Waals surface area contributed by atoms with Crippen molar-refractivity contribution in [2.24, 2.45) is 5.92 Å². The average Bonchev–Trinajstić information content (AvgIpc) is 3.31. The summed E-state index contributed by atoms with van der Waals surface area (Å²) in [6, 6.07) is 7.83. The van der Waals surface area contributed by atoms with E-state index in [1.54, 1.807) is 0 Å². The quantitative estimate of drug-likeness (QED) is 0.896. The van der Waals surface area contributed by atoms with Crippen molar-refractivity contribution < 1.29 is 9.90 Å². The number of halogens is 1. The van der Waals surface area contributed by atoms with E-state index in [9.17, 15) is 9.90 Å². The second-order valence-corrected chi connectivity index (χ2v) is 6.76. The van der Waals surface area contributed by atoms with Gasteiger partial charge in [-0.05, 0) is 62.4 Å². The molecule has 1 aliphatic heterocycles. The third-order valence-corrected chi connectivity index (χ3v) is 5.19. The lowest BCUT2D eigenvalue weighted by molar-refractivity contribution is -0.141. The minimum atomic E-state index is -0.706. The Balaban J connectivity index is 2.02. The zero-order chi connectivity index (χ0) is 14.9. The van der Waals surface area contributed by atoms with Gasteiger partial charge in [0.05, 0.1) is 12.0 Å². The van der Waals surface area contributed by atoms with E-state index in [1.165, 1.54) is 19.3 Å². The first-order valence-corrected chi connectivity index (χ1v) is 8.23. The number of hydrogen-bond acceptors (Lipinski definition) is 2. The van der Waals surface area contributed by atoms with Gasteiger partial charge in [0, 0.05) is 5.02 Å². The van der Waals surface area contributed by atoms with Crippen LogP contribution in [0.3, 0.4) is 0 Å². The number of rotatable bonds is 5. The van der Waals surface area contributed by atoms with Crippen LogP contribution in [-0.2, 0) is 10.3 Å². The van der Waals surface area contributed by atoms with E-state index in [-0.39, 0.29) is 12.0 Å². The highest BCUT2D eigenvalue weighted by Gasteiger charge is 2.51. The summed E-state index contributed by atoms with van der Waals surface area (Å²) >= 11 is 6.02. The molecule has 2 fully saturated rings. The van der Waals surface area contributed by atoms with Crippen LogP contribution < -0.4 is 0 Å². The Morgan fingerprint density at radius 2 is 1.81 bits per heavy atom. The summed E-state index contributed by atoms with van der Waals surface area (Å²) in [6.45, 7) is 2.01. The molecule has 0 radical (unpaired) electrons. The van der Waals surface area contributed by atoms with Crippen LogP contribution in [0.1, 0.15) is 44.1 Å². The predicted octanol–water partition coefficient (Wildman–Crippen LogP) is 3.91. The summed E-state index contributed by atoms with van der Waals surface area (Å²) in [4.78, 5) is 14.0. The molecule has 3 rings (SSSR count). The molecule has 3 nitrogen and oxygen atoms in total. The molecule has 1 saturated carbocycles. The van der Waals surface area contributed by atoms with Gasteiger partial charge in [0.1, 0.15) is 0 Å². The van der Waals surface area contributed by atoms with Crippen LogP contribution in [-0.4, -0.2) is 29.1 Å². The van der Waals surface area contributed by atoms with Crippen LogP contribution in [0, 0.1) is 5.92 Å². The van der Waals surface area contributed by atoms with E-state index >= 15 is 0 Å². The van der Waals surface area contributed by atoms with Gasteiger partial charge in [0.25, 0.3) is 0 Å². The van der Waals surface area contributed by atoms with Crippen molar-refractivity contribution in [3.63, 3.8) is 0 Å². The van der Waals surface area contributed by atoms with Crippen molar-refractivity contribution in [1.29, 1.82) is 0 Å². The van der Waals surface area contributed by atoms with Gasteiger partial charge >= 0.3 is 5.97 Å². The molecule has 1 aromatic carbocycles. The number of carboxylic acids is 1. The Kier molecular flexibility index (Phi) is 4.23. The summed E-state index contributed by atoms with van der Waals surface area (Å²) in [5, 5.41) is 10.2. The largest absolute Gasteiger partial charge is 0.481 e. The van der Waals surface area contributed by atoms with E-state index in [4.69, 9.17) is 11.6 Å². The van der Waals surface area contributed by atoms with Crippen molar-refractivity contribution in [2.45, 2.75) is 44.1 Å². The van der Waals surface area contributed by atoms with Crippen molar-refractivity contribution in [3.8, 4) is 0 Å². The standard InChI is InChI=1S/C17H22ClNO2/c18-15-8-6-14(7-9-15)17(12-16(20)21,13-4-5-13)19-10-2-1-3-11-19/h6-9,13H,1-5,10-12H2,(H,20,21). The van der Waals surface area contributed by atoms with Crippen LogP contribution in [0.2, 0.25) is 5.02 Å². The molecule has 0 spiro atoms. The number of benzene rings is 1. The second kappa shape index (κ2) is 5.98. The predicted molar refractivity (Wildman–Crippen MR) is 83.5 cm³/mol. The van der Waals surface area contributed by atoms with Gasteiger partial charge < -0.3 is 5.11 Å². The summed E-state index contributed by atoms with van der Waals surface area (Å²) in [5.74, 6) is -0.240. The lowest BCUT2D eigenvalue weighted by Gasteiger charge is -2.46. The van der Waals surface area contributed by atoms with Gasteiger partial charge in [-0.1, -0.05) is 30.2 Å². The maximum atomic E-state index is 11.6. The van der Waals surface area contributed by atoms with Crippen LogP contribution in [0.5, 0.6) is 0 Å². The third kappa shape index (κ3) is 2.95. The highest BCUT2D eigenvalue weighted by atomic mass is 35.5. The normalized spacial score (nSPS) is 22.7. The summed E-state index contributed by atoms with van der Waals surface area (Å²) in [7, 11) is 0. The molecule has 2 aliphatic rings. The Morgan fingerprint density at radius 1 is 1.19 bits per heavy atom. The first-order valence-electron chi connectivity index (χ1n) is 7.86. The number of piperidine rings is 1. The number of carbonyl (C=O) groups is 1. The monoisotopic (exact) mass is 307 g/mol. The molecule has 4 heteroatoms. The molecule has 0 aromatic heterocycles. The highest BCUT2D eigenvalue weighted by Crippen LogP contribution is 2.52. The zero-order valence-electron chi connectivity index (χ0n) is 12.2. The second-order valence-electron chi connectivity index (χ2n) is 6.32. The van der Waals surface area contributed by atoms with Crippen molar-refractivity contribution in [1.82, 2.24) is 4.90 Å². The summed E-state index contributed by atoms with van der Waals surface area (Å²) < 4.78 is 0. The Hall–Kier alpha value is -1.06. The lowest BCUT2D eigenvalue weighted by atomic mass is 9.79. The van der Waals surface area contributed by atoms with Crippen molar-refractivity contribution >= 4 is 17.6 Å². The van der Waals surface area contributed by atoms with Gasteiger partial charge in [0.2, 0.25) is 0 Å². The molecule has 0 amide bonds. The van der Waals surface area contributed by atoms with Crippen molar-refractivity contribution in [3.05, 3.63) is 34.9 Å². The van der Waals surface area contributed by atoms with E-state index in [1.807, 2.05) is 24.3 Å². The van der Waals surface area contributed by atoms with Gasteiger partial charge in [-0.15, -0.1) is 0 Å². The molecular formula is C17H22ClNO2. The smallest absolute Gasteiger partial charge is 0.305 e. The first-order chi connectivity index (χ1) is 10.1. The molecule has 1 unspecified atom stereocenters. The fourth-order valence-corrected chi connectivity index (χ4v) is 3.98. The molecule has 1 heterocycles. The fraction of sp³-hybridized carbons (Fsp3) is 0.588. The molecule has 21 heavy (non-hydrogen) atoms. The lowest BCUT2D eigenvalue weighted by Crippen LogP contribution is -2.51. The van der Waals surface area contributed by atoms with Gasteiger partial charge in [-0.3, -0.25) is 9.69 Å². The molecule has 1 N–H and O–H groups in total. The molecule has 1 atom stereocenters. The van der Waals surface area contributed by atoms with Crippen LogP contribution in [0.4, 0.5) is 0 Å². The molecule has 114 valence electrons. The van der Waals surface area contributed by atoms with E-state index in [0.717, 1.165) is 31.5 Å². The van der Waals surface area contributed by atoms with Gasteiger partial charge in [-0.2, -0.15) is 0 Å². The number of aliphatic carboxylic acids is 1. The number of likely N-dealkylation sites (tertiary alicyclic amines) is 1. The number of nitrogens with zero attached hydrogens (tertiary/aromatic N) is 1. The fourth-order valence-electron chi connectivity index (χ4n) is 3.86. The Morgan fingerprint density at radius 3 is 2.33 bits per heavy atom. The Bertz CT molecular complexity index is 506. The maximum absolute atomic E-state index is 11.6. The molecule has 1 aliphatic carbocycles. The zero-order valence-corrected chi connectivity index (χ0v) is 13.0. The van der Waals surface area contributed by atoms with Crippen LogP contribution >= 0.6 is 11.6 Å².